The maximum atomic E-state index is 11.9. The Hall–Kier alpha value is -13.2. The van der Waals surface area contributed by atoms with Crippen molar-refractivity contribution >= 4 is 129 Å². The smallest absolute Gasteiger partial charge is 0.373 e. The third-order valence-corrected chi connectivity index (χ3v) is 19.7. The molecule has 0 aliphatic rings. The average Bonchev–Trinajstić information content (AvgIpc) is 1.65. The first-order valence-corrected chi connectivity index (χ1v) is 45.6. The Morgan fingerprint density at radius 2 is 0.709 bits per heavy atom. The van der Waals surface area contributed by atoms with E-state index in [9.17, 15) is 18.0 Å². The lowest BCUT2D eigenvalue weighted by Crippen LogP contribution is -2.32. The number of rotatable bonds is 12. The molecule has 14 aromatic rings. The van der Waals surface area contributed by atoms with E-state index in [1.165, 1.54) is 84.1 Å². The minimum atomic E-state index is -3.53. The SMILES string of the molecule is CC(C)(C)Cc1cn(CC(=O)NS(C)(=O)=O)c2ccccc12.CCO.COC(=O)Cn1cc(CC(C)(C)C)c2ccccc21.Cc1nn(CC(C)(C)C)c2ccccc12.Cn1cc(CC(C)(C)C)c2ccccc21.Cn1cc(CC(C)(C)C)c2cccnc21.Cn1cc(CC(C)(C)C)c2ncccc21.Cn1nc(CC(C)(C)C)c2ccccc21.O=C=O.O=C=O.O=C=O.O=C=O.O=C=O. The number of hydrogen-bond donors (Lipinski definition) is 2. The van der Waals surface area contributed by atoms with E-state index in [0.29, 0.717) is 16.2 Å². The normalized spacial score (nSPS) is 11.0. The van der Waals surface area contributed by atoms with Crippen LogP contribution < -0.4 is 4.72 Å². The van der Waals surface area contributed by atoms with Crippen LogP contribution in [0.15, 0.2) is 189 Å². The van der Waals surface area contributed by atoms with Crippen LogP contribution in [0, 0.1) is 44.8 Å². The first-order valence-electron chi connectivity index (χ1n) is 43.7. The average molecular weight is 1860 g/mol. The van der Waals surface area contributed by atoms with Gasteiger partial charge in [0.05, 0.1) is 46.8 Å². The number of carbonyl (C=O) groups excluding carboxylic acids is 12. The van der Waals surface area contributed by atoms with E-state index in [0.717, 1.165) is 90.2 Å². The molecule has 0 radical (unpaired) electrons. The fourth-order valence-electron chi connectivity index (χ4n) is 14.9. The number of para-hydroxylation sites is 5. The van der Waals surface area contributed by atoms with Gasteiger partial charge in [-0.05, 0) is 173 Å². The molecule has 28 nitrogen and oxygen atoms in total. The number of aryl methyl sites for hydroxylation is 5. The predicted octanol–water partition coefficient (Wildman–Crippen LogP) is 19.4. The van der Waals surface area contributed by atoms with Gasteiger partial charge < -0.3 is 32.7 Å². The Morgan fingerprint density at radius 3 is 1.13 bits per heavy atom. The molecule has 0 aliphatic carbocycles. The number of carbonyl (C=O) groups is 2. The number of methoxy groups -OCH3 is 1. The Labute approximate surface area is 789 Å². The number of aromatic nitrogens is 11. The third kappa shape index (κ3) is 42.1. The molecule has 9 heterocycles. The summed E-state index contributed by atoms with van der Waals surface area (Å²) in [5.41, 5.74) is 20.1. The number of aliphatic hydroxyl groups excluding tert-OH is 1. The van der Waals surface area contributed by atoms with Crippen LogP contribution in [0.4, 0.5) is 0 Å². The van der Waals surface area contributed by atoms with Crippen LogP contribution in [0.1, 0.15) is 192 Å². The molecule has 134 heavy (non-hydrogen) atoms. The predicted molar refractivity (Wildman–Crippen MR) is 525 cm³/mol. The zero-order chi connectivity index (χ0) is 102. The molecule has 0 bridgehead atoms. The molecule has 5 aromatic carbocycles. The Morgan fingerprint density at radius 1 is 0.388 bits per heavy atom. The third-order valence-electron chi connectivity index (χ3n) is 19.1. The van der Waals surface area contributed by atoms with E-state index in [-0.39, 0.29) is 78.1 Å². The monoisotopic (exact) mass is 1860 g/mol. The van der Waals surface area contributed by atoms with Gasteiger partial charge in [-0.25, -0.2) is 13.4 Å². The van der Waals surface area contributed by atoms with Crippen molar-refractivity contribution in [3.05, 3.63) is 228 Å². The first kappa shape index (κ1) is 117. The highest BCUT2D eigenvalue weighted by Crippen LogP contribution is 2.34. The molecule has 9 aromatic heterocycles. The first-order chi connectivity index (χ1) is 62.3. The Bertz CT molecular complexity index is 5750. The van der Waals surface area contributed by atoms with Crippen LogP contribution in [-0.2, 0) is 159 Å². The second kappa shape index (κ2) is 54.1. The van der Waals surface area contributed by atoms with Crippen LogP contribution in [-0.4, -0.2) is 128 Å². The molecule has 0 saturated carbocycles. The van der Waals surface area contributed by atoms with Gasteiger partial charge in [0.15, 0.2) is 0 Å². The lowest BCUT2D eigenvalue weighted by molar-refractivity contribution is -0.193. The zero-order valence-corrected chi connectivity index (χ0v) is 84.7. The summed E-state index contributed by atoms with van der Waals surface area (Å²) in [7, 11) is 6.15. The molecule has 0 fully saturated rings. The summed E-state index contributed by atoms with van der Waals surface area (Å²) >= 11 is 0. The summed E-state index contributed by atoms with van der Waals surface area (Å²) in [6, 6.07) is 49.8. The number of fused-ring (bicyclic) bond motifs is 7. The van der Waals surface area contributed by atoms with Crippen LogP contribution in [0.2, 0.25) is 0 Å². The number of aliphatic hydroxyl groups is 1. The molecule has 0 atom stereocenters. The highest BCUT2D eigenvalue weighted by molar-refractivity contribution is 7.89. The topological polar surface area (TPSA) is 367 Å². The summed E-state index contributed by atoms with van der Waals surface area (Å²) < 4.78 is 43.4. The second-order valence-corrected chi connectivity index (χ2v) is 42.3. The van der Waals surface area contributed by atoms with E-state index >= 15 is 0 Å². The summed E-state index contributed by atoms with van der Waals surface area (Å²) in [4.78, 5) is 113. The number of amides is 1. The standard InChI is InChI=1S/C16H22N2O3S.C16H21NO2.C14H19N.4C13H18N2.C2H6O.5CO2/c1-16(2,3)9-12-10-18(11-15(19)17-22(4,20)21)14-8-6-5-7-13(12)14;1-16(2,3)9-12-10-17(11-15(18)19-4)14-8-6-5-7-13(12)14;1-14(2,3)9-11-10-15(4)13-8-6-5-7-12(11)13;1-13(2,3)8-10-9-15(4)11-6-5-7-14-12(10)11;1-13(2,3)8-10-9-15(4)12-11(10)6-5-7-14-12;1-13(2,3)9-11-10-7-5-6-8-12(10)15(4)14-11;1-10-11-7-5-6-8-12(11)15(14-10)9-13(2,3)4;1-2-3;5*2-1-3/h5-8,10H,9,11H2,1-4H3,(H,17,19);5-8,10H,9,11H2,1-4H3;5-8,10H,9H2,1-4H3;2*5-7,9H,8H2,1-4H3;2*5-8H,9H2,1-4H3;3H,2H2,1H3;;;;;. The molecule has 2 N–H and O–H groups in total. The van der Waals surface area contributed by atoms with E-state index in [1.54, 1.807) is 11.5 Å². The van der Waals surface area contributed by atoms with Crippen molar-refractivity contribution in [2.24, 2.45) is 66.1 Å². The molecule has 0 saturated heterocycles. The quantitative estimate of drug-likeness (QED) is 0.107. The second-order valence-electron chi connectivity index (χ2n) is 40.6. The van der Waals surface area contributed by atoms with Crippen molar-refractivity contribution in [2.75, 3.05) is 20.0 Å². The molecular formula is C105H140N12O16S. The number of nitrogens with zero attached hydrogens (tertiary/aromatic N) is 11. The van der Waals surface area contributed by atoms with Gasteiger partial charge in [0.1, 0.15) is 18.7 Å². The van der Waals surface area contributed by atoms with Crippen LogP contribution in [0.5, 0.6) is 0 Å². The largest absolute Gasteiger partial charge is 0.468 e. The molecular weight excluding hydrogens is 1720 g/mol. The van der Waals surface area contributed by atoms with Gasteiger partial charge in [-0.2, -0.15) is 58.1 Å². The van der Waals surface area contributed by atoms with Gasteiger partial charge in [0, 0.05) is 134 Å². The van der Waals surface area contributed by atoms with E-state index in [1.807, 2.05) is 94.2 Å². The maximum absolute atomic E-state index is 11.9. The number of nitrogens with one attached hydrogen (secondary N) is 1. The van der Waals surface area contributed by atoms with Crippen molar-refractivity contribution in [3.8, 4) is 0 Å². The molecule has 29 heteroatoms. The van der Waals surface area contributed by atoms with E-state index in [2.05, 4.69) is 328 Å². The molecule has 0 spiro atoms. The van der Waals surface area contributed by atoms with Crippen molar-refractivity contribution in [1.29, 1.82) is 0 Å². The van der Waals surface area contributed by atoms with Crippen molar-refractivity contribution in [2.45, 2.75) is 217 Å². The number of esters is 1. The summed E-state index contributed by atoms with van der Waals surface area (Å²) in [6.07, 6.45) is 22.8. The molecule has 0 aliphatic heterocycles. The van der Waals surface area contributed by atoms with Gasteiger partial charge >= 0.3 is 36.7 Å². The molecule has 722 valence electrons. The van der Waals surface area contributed by atoms with Crippen LogP contribution >= 0.6 is 0 Å². The number of ether oxygens (including phenoxy) is 1. The molecule has 1 amide bonds. The van der Waals surface area contributed by atoms with Crippen LogP contribution in [0.3, 0.4) is 0 Å². The fraction of sp³-hybridized carbons (Fsp3) is 0.438. The van der Waals surface area contributed by atoms with E-state index in [4.69, 9.17) is 57.8 Å². The Kier molecular flexibility index (Phi) is 47.2. The maximum Gasteiger partial charge on any atom is 0.373 e. The van der Waals surface area contributed by atoms with Crippen molar-refractivity contribution < 1.29 is 75.8 Å². The summed E-state index contributed by atoms with van der Waals surface area (Å²) in [5, 5.41) is 24.3. The molecule has 0 unspecified atom stereocenters. The number of benzene rings is 5. The number of sulfonamides is 1. The minimum absolute atomic E-state index is 0.0161. The highest BCUT2D eigenvalue weighted by atomic mass is 32.2. The van der Waals surface area contributed by atoms with Crippen molar-refractivity contribution in [3.63, 3.8) is 0 Å². The van der Waals surface area contributed by atoms with Gasteiger partial charge in [-0.1, -0.05) is 236 Å². The van der Waals surface area contributed by atoms with Crippen molar-refractivity contribution in [1.82, 2.24) is 57.1 Å². The lowest BCUT2D eigenvalue weighted by Gasteiger charge is -2.18. The van der Waals surface area contributed by atoms with Gasteiger partial charge in [-0.15, -0.1) is 0 Å². The molecule has 14 rings (SSSR count). The van der Waals surface area contributed by atoms with E-state index < -0.39 is 15.9 Å². The van der Waals surface area contributed by atoms with Crippen LogP contribution in [0.25, 0.3) is 76.6 Å². The van der Waals surface area contributed by atoms with Gasteiger partial charge in [0.2, 0.25) is 10.0 Å². The Balaban J connectivity index is 0.000000514. The minimum Gasteiger partial charge on any atom is -0.468 e. The number of hydrogen-bond acceptors (Lipinski definition) is 20. The zero-order valence-electron chi connectivity index (χ0n) is 83.9. The summed E-state index contributed by atoms with van der Waals surface area (Å²) in [6.45, 7) is 52.2. The lowest BCUT2D eigenvalue weighted by atomic mass is 9.88. The van der Waals surface area contributed by atoms with Gasteiger partial charge in [0.25, 0.3) is 5.91 Å². The fourth-order valence-corrected chi connectivity index (χ4v) is 15.3. The van der Waals surface area contributed by atoms with Gasteiger partial charge in [-0.3, -0.25) is 28.7 Å². The highest BCUT2D eigenvalue weighted by Gasteiger charge is 2.24. The summed E-state index contributed by atoms with van der Waals surface area (Å²) in [5.74, 6) is -0.756. The number of pyridine rings is 2.